The lowest BCUT2D eigenvalue weighted by atomic mass is 10.1. The van der Waals surface area contributed by atoms with Crippen molar-refractivity contribution >= 4 is 44.4 Å². The average Bonchev–Trinajstić information content (AvgIpc) is 3.37. The molecular weight excluding hydrogens is 416 g/mol. The fourth-order valence-corrected chi connectivity index (χ4v) is 5.31. The maximum atomic E-state index is 12.7. The van der Waals surface area contributed by atoms with E-state index >= 15 is 0 Å². The highest BCUT2D eigenvalue weighted by molar-refractivity contribution is 7.17. The molecule has 0 aliphatic rings. The molecule has 4 rings (SSSR count). The second kappa shape index (κ2) is 8.04. The molecule has 2 amide bonds. The second-order valence-electron chi connectivity index (χ2n) is 7.13. The van der Waals surface area contributed by atoms with E-state index in [1.54, 1.807) is 0 Å². The number of hydrogen-bond donors (Lipinski definition) is 2. The number of thiazole rings is 1. The van der Waals surface area contributed by atoms with Crippen LogP contribution in [0.15, 0.2) is 35.8 Å². The maximum absolute atomic E-state index is 12.7. The van der Waals surface area contributed by atoms with E-state index in [0.29, 0.717) is 10.6 Å². The van der Waals surface area contributed by atoms with Crippen molar-refractivity contribution in [2.75, 3.05) is 5.32 Å². The highest BCUT2D eigenvalue weighted by atomic mass is 32.1. The first-order valence-electron chi connectivity index (χ1n) is 9.61. The molecule has 0 aliphatic carbocycles. The van der Waals surface area contributed by atoms with Gasteiger partial charge in [0.1, 0.15) is 5.00 Å². The fourth-order valence-electron chi connectivity index (χ4n) is 3.35. The predicted molar refractivity (Wildman–Crippen MR) is 123 cm³/mol. The smallest absolute Gasteiger partial charge is 0.251 e. The Balaban J connectivity index is 1.56. The summed E-state index contributed by atoms with van der Waals surface area (Å²) in [4.78, 5) is 31.0. The van der Waals surface area contributed by atoms with Crippen molar-refractivity contribution in [3.8, 4) is 11.3 Å². The Kier molecular flexibility index (Phi) is 5.44. The summed E-state index contributed by atoms with van der Waals surface area (Å²) in [5.74, 6) is -0.723. The number of carbonyl (C=O) groups excluding carboxylic acids is 2. The number of hydrogen-bond acceptors (Lipinski definition) is 5. The molecule has 0 radical (unpaired) electrons. The Bertz CT molecular complexity index is 1250. The van der Waals surface area contributed by atoms with E-state index in [1.165, 1.54) is 28.2 Å². The van der Waals surface area contributed by atoms with Gasteiger partial charge < -0.3 is 11.1 Å². The third-order valence-electron chi connectivity index (χ3n) is 5.17. The minimum Gasteiger partial charge on any atom is -0.365 e. The third kappa shape index (κ3) is 3.76. The summed E-state index contributed by atoms with van der Waals surface area (Å²) in [5.41, 5.74) is 10.8. The average molecular weight is 439 g/mol. The number of nitrogens with two attached hydrogens (primary N) is 1. The normalized spacial score (nSPS) is 11.2. The van der Waals surface area contributed by atoms with Crippen LogP contribution in [0.5, 0.6) is 0 Å². The molecule has 0 atom stereocenters. The highest BCUT2D eigenvalue weighted by Crippen LogP contribution is 2.32. The zero-order valence-corrected chi connectivity index (χ0v) is 18.6. The Morgan fingerprint density at radius 3 is 2.60 bits per heavy atom. The fraction of sp³-hybridized carbons (Fsp3) is 0.227. The molecule has 30 heavy (non-hydrogen) atoms. The monoisotopic (exact) mass is 438 g/mol. The Morgan fingerprint density at radius 2 is 1.93 bits per heavy atom. The predicted octanol–water partition coefficient (Wildman–Crippen LogP) is 4.58. The molecule has 154 valence electrons. The van der Waals surface area contributed by atoms with E-state index in [2.05, 4.69) is 36.5 Å². The van der Waals surface area contributed by atoms with Crippen LogP contribution in [0, 0.1) is 13.8 Å². The van der Waals surface area contributed by atoms with Gasteiger partial charge in [-0.1, -0.05) is 31.2 Å². The van der Waals surface area contributed by atoms with E-state index in [-0.39, 0.29) is 12.3 Å². The first kappa shape index (κ1) is 20.3. The summed E-state index contributed by atoms with van der Waals surface area (Å²) in [6.45, 7) is 5.87. The maximum Gasteiger partial charge on any atom is 0.251 e. The van der Waals surface area contributed by atoms with Gasteiger partial charge in [-0.3, -0.25) is 14.0 Å². The zero-order chi connectivity index (χ0) is 21.4. The number of fused-ring (bicyclic) bond motifs is 1. The zero-order valence-electron chi connectivity index (χ0n) is 17.0. The van der Waals surface area contributed by atoms with Gasteiger partial charge >= 0.3 is 0 Å². The summed E-state index contributed by atoms with van der Waals surface area (Å²) in [7, 11) is 0. The number of anilines is 1. The number of imidazole rings is 1. The van der Waals surface area contributed by atoms with Gasteiger partial charge in [0, 0.05) is 27.7 Å². The van der Waals surface area contributed by atoms with Crippen LogP contribution in [0.25, 0.3) is 16.2 Å². The van der Waals surface area contributed by atoms with Crippen molar-refractivity contribution in [2.45, 2.75) is 33.6 Å². The molecule has 0 fully saturated rings. The first-order chi connectivity index (χ1) is 14.4. The number of aromatic nitrogens is 2. The molecule has 0 saturated heterocycles. The number of benzene rings is 1. The summed E-state index contributed by atoms with van der Waals surface area (Å²) in [5, 5.41) is 5.30. The number of nitrogens with zero attached hydrogens (tertiary/aromatic N) is 2. The van der Waals surface area contributed by atoms with Gasteiger partial charge in [-0.15, -0.1) is 22.7 Å². The molecule has 3 aromatic heterocycles. The molecule has 0 spiro atoms. The topological polar surface area (TPSA) is 89.5 Å². The van der Waals surface area contributed by atoms with Crippen molar-refractivity contribution < 1.29 is 9.59 Å². The van der Waals surface area contributed by atoms with E-state index in [9.17, 15) is 9.59 Å². The van der Waals surface area contributed by atoms with Gasteiger partial charge in [-0.25, -0.2) is 4.98 Å². The van der Waals surface area contributed by atoms with Crippen molar-refractivity contribution in [1.29, 1.82) is 0 Å². The summed E-state index contributed by atoms with van der Waals surface area (Å²) in [6.07, 6.45) is 3.14. The van der Waals surface area contributed by atoms with Crippen LogP contribution in [-0.4, -0.2) is 21.2 Å². The van der Waals surface area contributed by atoms with Gasteiger partial charge in [0.05, 0.1) is 17.7 Å². The molecular formula is C22H22N4O2S2. The number of amides is 2. The molecule has 4 aromatic rings. The molecule has 0 bridgehead atoms. The first-order valence-corrected chi connectivity index (χ1v) is 11.3. The summed E-state index contributed by atoms with van der Waals surface area (Å²) < 4.78 is 1.95. The van der Waals surface area contributed by atoms with E-state index < -0.39 is 5.91 Å². The van der Waals surface area contributed by atoms with Crippen LogP contribution in [0.2, 0.25) is 0 Å². The number of rotatable bonds is 6. The summed E-state index contributed by atoms with van der Waals surface area (Å²) in [6, 6.07) is 8.37. The van der Waals surface area contributed by atoms with E-state index in [0.717, 1.165) is 38.8 Å². The number of nitrogens with one attached hydrogen (secondary N) is 1. The SMILES string of the molecule is CCc1ccc(-c2cn3c(CC(=O)Nc4sc(C)c(C)c4C(N)=O)csc3n2)cc1. The van der Waals surface area contributed by atoms with Gasteiger partial charge in [-0.2, -0.15) is 0 Å². The lowest BCUT2D eigenvalue weighted by Crippen LogP contribution is -2.19. The number of thiophene rings is 1. The third-order valence-corrected chi connectivity index (χ3v) is 7.18. The Hall–Kier alpha value is -2.97. The Labute approximate surface area is 182 Å². The summed E-state index contributed by atoms with van der Waals surface area (Å²) >= 11 is 2.87. The van der Waals surface area contributed by atoms with Crippen LogP contribution in [0.3, 0.4) is 0 Å². The van der Waals surface area contributed by atoms with Gasteiger partial charge in [0.2, 0.25) is 5.91 Å². The van der Waals surface area contributed by atoms with Crippen LogP contribution in [0.4, 0.5) is 5.00 Å². The molecule has 1 aromatic carbocycles. The molecule has 3 N–H and O–H groups in total. The van der Waals surface area contributed by atoms with Crippen LogP contribution in [0.1, 0.15) is 39.0 Å². The number of primary amides is 1. The molecule has 3 heterocycles. The van der Waals surface area contributed by atoms with Crippen molar-refractivity contribution in [3.63, 3.8) is 0 Å². The van der Waals surface area contributed by atoms with Crippen LogP contribution in [-0.2, 0) is 17.6 Å². The number of carbonyl (C=O) groups is 2. The Morgan fingerprint density at radius 1 is 1.20 bits per heavy atom. The van der Waals surface area contributed by atoms with Crippen LogP contribution < -0.4 is 11.1 Å². The largest absolute Gasteiger partial charge is 0.365 e. The standard InChI is InChI=1S/C22H22N4O2S2/c1-4-14-5-7-15(8-6-14)17-10-26-16(11-29-22(26)24-17)9-18(27)25-21-19(20(23)28)12(2)13(3)30-21/h5-8,10-11H,4,9H2,1-3H3,(H2,23,28)(H,25,27). The van der Waals surface area contributed by atoms with Gasteiger partial charge in [0.25, 0.3) is 5.91 Å². The minimum atomic E-state index is -0.529. The van der Waals surface area contributed by atoms with E-state index in [4.69, 9.17) is 10.7 Å². The molecule has 0 unspecified atom stereocenters. The quantitative estimate of drug-likeness (QED) is 0.462. The molecule has 8 heteroatoms. The molecule has 6 nitrogen and oxygen atoms in total. The van der Waals surface area contributed by atoms with Gasteiger partial charge in [-0.05, 0) is 31.4 Å². The van der Waals surface area contributed by atoms with Crippen LogP contribution >= 0.6 is 22.7 Å². The second-order valence-corrected chi connectivity index (χ2v) is 9.19. The molecule has 0 aliphatic heterocycles. The lowest BCUT2D eigenvalue weighted by molar-refractivity contribution is -0.115. The molecule has 0 saturated carbocycles. The lowest BCUT2D eigenvalue weighted by Gasteiger charge is -2.05. The van der Waals surface area contributed by atoms with Crippen molar-refractivity contribution in [2.24, 2.45) is 5.73 Å². The highest BCUT2D eigenvalue weighted by Gasteiger charge is 2.20. The van der Waals surface area contributed by atoms with Crippen molar-refractivity contribution in [3.05, 3.63) is 63.1 Å². The van der Waals surface area contributed by atoms with Gasteiger partial charge in [0.15, 0.2) is 4.96 Å². The van der Waals surface area contributed by atoms with Crippen molar-refractivity contribution in [1.82, 2.24) is 9.38 Å². The van der Waals surface area contributed by atoms with E-state index in [1.807, 2.05) is 29.8 Å². The minimum absolute atomic E-state index is 0.179. The number of aryl methyl sites for hydroxylation is 2.